The third kappa shape index (κ3) is 5.18. The maximum atomic E-state index is 11.7. The Balaban J connectivity index is 0.00000169. The molecule has 0 unspecified atom stereocenters. The Hall–Kier alpha value is -3.87. The number of rotatable bonds is 0. The zero-order valence-corrected chi connectivity index (χ0v) is 24.9. The van der Waals surface area contributed by atoms with E-state index >= 15 is 0 Å². The van der Waals surface area contributed by atoms with Crippen molar-refractivity contribution in [1.29, 1.82) is 0 Å². The topological polar surface area (TPSA) is 50.7 Å². The average Bonchev–Trinajstić information content (AvgIpc) is 3.43. The first-order chi connectivity index (χ1) is 18.8. The monoisotopic (exact) mass is 585 g/mol. The Morgan fingerprint density at radius 3 is 1.61 bits per heavy atom. The van der Waals surface area contributed by atoms with Crippen LogP contribution in [0.1, 0.15) is 48.8 Å². The highest BCUT2D eigenvalue weighted by Crippen LogP contribution is 2.32. The lowest BCUT2D eigenvalue weighted by molar-refractivity contribution is -0.664. The number of benzene rings is 3. The number of aromatic nitrogens is 5. The quantitative estimate of drug-likeness (QED) is 0.234. The van der Waals surface area contributed by atoms with Crippen molar-refractivity contribution in [2.45, 2.75) is 52.4 Å². The van der Waals surface area contributed by atoms with E-state index in [4.69, 9.17) is 4.98 Å². The van der Waals surface area contributed by atoms with Crippen molar-refractivity contribution in [3.63, 3.8) is 0 Å². The summed E-state index contributed by atoms with van der Waals surface area (Å²) in [6, 6.07) is 27.6. The van der Waals surface area contributed by atoms with Crippen molar-refractivity contribution in [2.24, 2.45) is 0 Å². The van der Waals surface area contributed by atoms with Gasteiger partial charge in [0.25, 0.3) is 0 Å². The van der Waals surface area contributed by atoms with Crippen LogP contribution in [0.2, 0.25) is 0 Å². The highest BCUT2D eigenvalue weighted by atomic mass is 35.5. The van der Waals surface area contributed by atoms with E-state index in [0.717, 1.165) is 44.6 Å². The van der Waals surface area contributed by atoms with E-state index in [0.29, 0.717) is 31.9 Å². The highest BCUT2D eigenvalue weighted by molar-refractivity contribution is 5.72. The van der Waals surface area contributed by atoms with Gasteiger partial charge in [-0.1, -0.05) is 51.1 Å². The number of phenolic OH excluding ortho intramolecular Hbond substituents is 1. The summed E-state index contributed by atoms with van der Waals surface area (Å²) in [6.45, 7) is 9.21. The molecule has 1 aliphatic rings. The van der Waals surface area contributed by atoms with E-state index in [9.17, 15) is 5.11 Å². The molecule has 1 N–H and O–H groups in total. The van der Waals surface area contributed by atoms with Gasteiger partial charge in [-0.05, 0) is 59.5 Å². The summed E-state index contributed by atoms with van der Waals surface area (Å²) >= 11 is 0. The van der Waals surface area contributed by atoms with E-state index in [1.807, 2.05) is 0 Å². The van der Waals surface area contributed by atoms with E-state index in [1.54, 1.807) is 0 Å². The van der Waals surface area contributed by atoms with Gasteiger partial charge in [-0.3, -0.25) is 0 Å². The van der Waals surface area contributed by atoms with Crippen molar-refractivity contribution in [1.82, 2.24) is 14.1 Å². The van der Waals surface area contributed by atoms with Crippen LogP contribution in [0.3, 0.4) is 0 Å². The standard InChI is InChI=1S/C33H32N5O.2ClH/c1-33(2,3)25-15-23-17-35-21-37(30-13-6-4-11-28(30)35)19-26-9-8-10-27(34-26)20-38-22-36(18-24(16-25)32(23)39)29-12-5-7-14-31(29)38;;/h4-16,21-22H,17-20H2,1-3H3;2*1H/q+1;;/p-1. The third-order valence-electron chi connectivity index (χ3n) is 7.90. The summed E-state index contributed by atoms with van der Waals surface area (Å²) in [7, 11) is 0. The summed E-state index contributed by atoms with van der Waals surface area (Å²) in [5.41, 5.74) is 9.65. The van der Waals surface area contributed by atoms with Crippen LogP contribution < -0.4 is 33.9 Å². The van der Waals surface area contributed by atoms with Crippen LogP contribution in [0.5, 0.6) is 5.75 Å². The highest BCUT2D eigenvalue weighted by Gasteiger charge is 2.25. The fourth-order valence-electron chi connectivity index (χ4n) is 5.84. The van der Waals surface area contributed by atoms with Crippen LogP contribution in [-0.2, 0) is 31.6 Å². The SMILES string of the molecule is CC(C)(C)c1cc2c(O)c(c1)C[n+]1cn(c3ccccc31)Cc1cccc(n1)Cn1c[n+](c3ccccc31)C2.[Cl-].[Cl-]. The van der Waals surface area contributed by atoms with Crippen LogP contribution in [0.4, 0.5) is 0 Å². The molecule has 0 amide bonds. The lowest BCUT2D eigenvalue weighted by Crippen LogP contribution is -3.00. The Labute approximate surface area is 252 Å². The fraction of sp³-hybridized carbons (Fsp3) is 0.242. The molecule has 0 fully saturated rings. The van der Waals surface area contributed by atoms with Gasteiger partial charge in [0.2, 0.25) is 12.7 Å². The van der Waals surface area contributed by atoms with E-state index in [-0.39, 0.29) is 30.2 Å². The maximum absolute atomic E-state index is 11.7. The molecule has 0 atom stereocenters. The first-order valence-corrected chi connectivity index (χ1v) is 13.6. The lowest BCUT2D eigenvalue weighted by atomic mass is 9.84. The number of pyridine rings is 1. The smallest absolute Gasteiger partial charge is 0.245 e. The number of fused-ring (bicyclic) bond motifs is 14. The molecule has 0 radical (unpaired) electrons. The number of aromatic hydroxyl groups is 1. The third-order valence-corrected chi connectivity index (χ3v) is 7.90. The summed E-state index contributed by atoms with van der Waals surface area (Å²) in [4.78, 5) is 5.06. The predicted octanol–water partition coefficient (Wildman–Crippen LogP) is -0.916. The van der Waals surface area contributed by atoms with Gasteiger partial charge in [-0.2, -0.15) is 0 Å². The molecule has 0 spiro atoms. The molecule has 1 aliphatic heterocycles. The van der Waals surface area contributed by atoms with Crippen molar-refractivity contribution >= 4 is 22.1 Å². The number of phenols is 1. The minimum atomic E-state index is -0.0518. The molecule has 6 aromatic rings. The normalized spacial score (nSPS) is 13.0. The molecule has 210 valence electrons. The molecule has 0 aliphatic carbocycles. The molecular formula is C33H33Cl2N5O. The fourth-order valence-corrected chi connectivity index (χ4v) is 5.84. The molecule has 8 heteroatoms. The minimum absolute atomic E-state index is 0. The van der Waals surface area contributed by atoms with Crippen molar-refractivity contribution in [2.75, 3.05) is 0 Å². The Morgan fingerprint density at radius 1 is 0.683 bits per heavy atom. The molecule has 6 nitrogen and oxygen atoms in total. The maximum Gasteiger partial charge on any atom is 0.245 e. The molecule has 4 heterocycles. The number of hydrogen-bond donors (Lipinski definition) is 1. The van der Waals surface area contributed by atoms with Crippen molar-refractivity contribution in [3.8, 4) is 5.75 Å². The Bertz CT molecular complexity index is 1760. The largest absolute Gasteiger partial charge is 1.00 e. The molecule has 0 saturated carbocycles. The van der Waals surface area contributed by atoms with Crippen LogP contribution in [0, 0.1) is 0 Å². The van der Waals surface area contributed by atoms with Gasteiger partial charge >= 0.3 is 0 Å². The number of hydrogen-bond acceptors (Lipinski definition) is 2. The van der Waals surface area contributed by atoms with Gasteiger partial charge in [0.15, 0.2) is 22.1 Å². The second kappa shape index (κ2) is 10.8. The molecule has 0 saturated heterocycles. The van der Waals surface area contributed by atoms with Gasteiger partial charge < -0.3 is 29.9 Å². The van der Waals surface area contributed by atoms with Crippen molar-refractivity contribution in [3.05, 3.63) is 120 Å². The van der Waals surface area contributed by atoms with Gasteiger partial charge in [-0.15, -0.1) is 0 Å². The second-order valence-electron chi connectivity index (χ2n) is 11.7. The number of para-hydroxylation sites is 4. The van der Waals surface area contributed by atoms with E-state index in [2.05, 4.69) is 131 Å². The molecular weight excluding hydrogens is 553 g/mol. The molecule has 7 rings (SSSR count). The zero-order valence-electron chi connectivity index (χ0n) is 23.4. The summed E-state index contributed by atoms with van der Waals surface area (Å²) < 4.78 is 9.01. The summed E-state index contributed by atoms with van der Waals surface area (Å²) in [5, 5.41) is 11.7. The lowest BCUT2D eigenvalue weighted by Gasteiger charge is -2.22. The van der Waals surface area contributed by atoms with Gasteiger partial charge in [0.1, 0.15) is 31.9 Å². The van der Waals surface area contributed by atoms with Crippen LogP contribution in [0.15, 0.2) is 91.5 Å². The first kappa shape index (κ1) is 28.7. The first-order valence-electron chi connectivity index (χ1n) is 13.6. The van der Waals surface area contributed by atoms with Gasteiger partial charge in [0.05, 0.1) is 11.4 Å². The summed E-state index contributed by atoms with van der Waals surface area (Å²) in [5.74, 6) is 0.371. The molecule has 41 heavy (non-hydrogen) atoms. The average molecular weight is 587 g/mol. The zero-order chi connectivity index (χ0) is 26.7. The van der Waals surface area contributed by atoms with E-state index in [1.165, 1.54) is 5.56 Å². The molecule has 3 aromatic heterocycles. The van der Waals surface area contributed by atoms with Crippen LogP contribution in [-0.4, -0.2) is 19.2 Å². The Morgan fingerprint density at radius 2 is 1.15 bits per heavy atom. The minimum Gasteiger partial charge on any atom is -1.00 e. The van der Waals surface area contributed by atoms with Crippen molar-refractivity contribution < 1.29 is 39.1 Å². The molecule has 3 aromatic carbocycles. The predicted molar refractivity (Wildman–Crippen MR) is 152 cm³/mol. The number of halogens is 2. The molecule has 8 bridgehead atoms. The van der Waals surface area contributed by atoms with Gasteiger partial charge in [-0.25, -0.2) is 23.3 Å². The number of nitrogens with zero attached hydrogens (tertiary/aromatic N) is 5. The van der Waals surface area contributed by atoms with Gasteiger partial charge in [0, 0.05) is 11.1 Å². The van der Waals surface area contributed by atoms with Crippen LogP contribution in [0.25, 0.3) is 22.1 Å². The van der Waals surface area contributed by atoms with E-state index < -0.39 is 0 Å². The number of imidazole rings is 2. The Kier molecular flexibility index (Phi) is 7.58. The summed E-state index contributed by atoms with van der Waals surface area (Å²) in [6.07, 6.45) is 4.32. The second-order valence-corrected chi connectivity index (χ2v) is 11.7. The van der Waals surface area contributed by atoms with Crippen LogP contribution >= 0.6 is 0 Å².